The van der Waals surface area contributed by atoms with Crippen molar-refractivity contribution >= 4 is 62.6 Å². The summed E-state index contributed by atoms with van der Waals surface area (Å²) in [6.45, 7) is -1.35. The third-order valence-electron chi connectivity index (χ3n) is 7.81. The first-order chi connectivity index (χ1) is 27.1. The van der Waals surface area contributed by atoms with E-state index in [1.165, 1.54) is 0 Å². The SMILES string of the molecule is C[C@@H]1[C@@H](OP(=O)(O)O)[C@@H](OP(=O)(O)O)[C@@H](OP(=O)(O)O)[C@H](OP(=O)(O)O)[C@H]1OCCOCCO[C@H]1[C@@H](OP(=O)(O)O)[C@H](OP(=O)(O)O)[C@@H](OP(=O)(O)O)[C@H](C)[C@H]1OP(=O)(O)O. The molecule has 2 rings (SSSR count). The van der Waals surface area contributed by atoms with Gasteiger partial charge in [0.15, 0.2) is 0 Å². The molecule has 2 aliphatic rings. The zero-order valence-electron chi connectivity index (χ0n) is 30.2. The van der Waals surface area contributed by atoms with Crippen LogP contribution in [0.15, 0.2) is 0 Å². The molecule has 0 aromatic rings. The van der Waals surface area contributed by atoms with Gasteiger partial charge >= 0.3 is 62.6 Å². The quantitative estimate of drug-likeness (QED) is 0.0336. The van der Waals surface area contributed by atoms with Crippen LogP contribution in [0, 0.1) is 11.8 Å². The highest BCUT2D eigenvalue weighted by Crippen LogP contribution is 2.56. The number of hydrogen-bond acceptors (Lipinski definition) is 19. The summed E-state index contributed by atoms with van der Waals surface area (Å²) in [5.41, 5.74) is 0. The summed E-state index contributed by atoms with van der Waals surface area (Å²) < 4.78 is 147. The Kier molecular flexibility index (Phi) is 20.7. The van der Waals surface area contributed by atoms with Crippen molar-refractivity contribution < 1.29 is 165 Å². The highest BCUT2D eigenvalue weighted by atomic mass is 31.2. The van der Waals surface area contributed by atoms with Crippen LogP contribution in [0.25, 0.3) is 0 Å². The lowest BCUT2D eigenvalue weighted by atomic mass is 9.79. The summed E-state index contributed by atoms with van der Waals surface area (Å²) in [6.07, 6.45) is -24.6. The van der Waals surface area contributed by atoms with Gasteiger partial charge in [-0.05, 0) is 0 Å². The Morgan fingerprint density at radius 3 is 0.738 bits per heavy atom. The third kappa shape index (κ3) is 21.5. The van der Waals surface area contributed by atoms with E-state index in [1.54, 1.807) is 0 Å². The van der Waals surface area contributed by atoms with Gasteiger partial charge in [-0.15, -0.1) is 0 Å². The summed E-state index contributed by atoms with van der Waals surface area (Å²) >= 11 is 0. The van der Waals surface area contributed by atoms with E-state index in [0.29, 0.717) is 0 Å². The van der Waals surface area contributed by atoms with E-state index >= 15 is 0 Å². The highest BCUT2D eigenvalue weighted by molar-refractivity contribution is 7.48. The average molecular weight is 1070 g/mol. The minimum Gasteiger partial charge on any atom is -0.377 e. The fourth-order valence-corrected chi connectivity index (χ4v) is 10.7. The van der Waals surface area contributed by atoms with E-state index in [0.717, 1.165) is 13.8 Å². The molecule has 0 bridgehead atoms. The summed E-state index contributed by atoms with van der Waals surface area (Å²) in [7, 11) is -46.3. The molecule has 35 nitrogen and oxygen atoms in total. The Morgan fingerprint density at radius 1 is 0.279 bits per heavy atom. The minimum atomic E-state index is -5.89. The maximum absolute atomic E-state index is 11.9. The van der Waals surface area contributed by atoms with Crippen LogP contribution < -0.4 is 0 Å². The normalized spacial score (nSPS) is 31.6. The number of phosphoric acid groups is 8. The molecule has 0 unspecified atom stereocenters. The van der Waals surface area contributed by atoms with E-state index < -0.39 is 162 Å². The van der Waals surface area contributed by atoms with Crippen LogP contribution in [0.4, 0.5) is 0 Å². The molecule has 0 saturated heterocycles. The molecule has 2 fully saturated rings. The van der Waals surface area contributed by atoms with Crippen LogP contribution in [0.5, 0.6) is 0 Å². The van der Waals surface area contributed by atoms with Crippen LogP contribution in [-0.2, 0) is 86.9 Å². The van der Waals surface area contributed by atoms with Crippen LogP contribution >= 0.6 is 62.6 Å². The standard InChI is InChI=1S/C18H42O35P8/c1-7-9(14(49-57(28,29)30)18(53-61(40,41)42)16(51-59(34,35)36)11(7)47-55(22,23)24)44-5-3-43-4-6-45-13-10(46-54(19,20)21)8(2)12(48-56(25,26)27)15(50-58(31,32)33)17(13)52-60(37,38)39/h7-18H,3-6H2,1-2H3,(H2,19,20,21)(H2,22,23,24)(H2,25,26,27)(H2,28,29,30)(H2,31,32,33)(H2,34,35,36)(H2,37,38,39)(H2,40,41,42)/t7-,8+,9-,10+,11+,12-,13+,14+,15+,16+,17+,18-/m0/s1. The van der Waals surface area contributed by atoms with Gasteiger partial charge < -0.3 is 92.5 Å². The van der Waals surface area contributed by atoms with Crippen molar-refractivity contribution in [3.05, 3.63) is 0 Å². The summed E-state index contributed by atoms with van der Waals surface area (Å²) in [5, 5.41) is 0. The monoisotopic (exact) mass is 1070 g/mol. The molecular formula is C18H42O35P8. The number of phosphoric ester groups is 8. The van der Waals surface area contributed by atoms with Gasteiger partial charge in [-0.1, -0.05) is 13.8 Å². The number of hydrogen-bond donors (Lipinski definition) is 16. The van der Waals surface area contributed by atoms with Crippen LogP contribution in [0.1, 0.15) is 13.8 Å². The fourth-order valence-electron chi connectivity index (χ4n) is 6.05. The molecule has 0 amide bonds. The lowest BCUT2D eigenvalue weighted by Gasteiger charge is -2.48. The van der Waals surface area contributed by atoms with Crippen LogP contribution in [-0.4, -0.2) is 166 Å². The maximum atomic E-state index is 11.9. The molecule has 0 aliphatic heterocycles. The molecule has 61 heavy (non-hydrogen) atoms. The molecule has 0 spiro atoms. The average Bonchev–Trinajstić information content (AvgIpc) is 2.98. The van der Waals surface area contributed by atoms with Gasteiger partial charge in [0.2, 0.25) is 0 Å². The molecule has 12 atom stereocenters. The second-order valence-corrected chi connectivity index (χ2v) is 22.0. The smallest absolute Gasteiger partial charge is 0.377 e. The molecular weight excluding hydrogens is 1020 g/mol. The Labute approximate surface area is 340 Å². The zero-order chi connectivity index (χ0) is 47.5. The van der Waals surface area contributed by atoms with Crippen LogP contribution in [0.3, 0.4) is 0 Å². The topological polar surface area (TPSA) is 562 Å². The molecule has 0 radical (unpaired) electrons. The lowest BCUT2D eigenvalue weighted by molar-refractivity contribution is -0.206. The summed E-state index contributed by atoms with van der Waals surface area (Å²) in [4.78, 5) is 152. The molecule has 0 aromatic carbocycles. The molecule has 364 valence electrons. The summed E-state index contributed by atoms with van der Waals surface area (Å²) in [5.74, 6) is -3.61. The van der Waals surface area contributed by atoms with Gasteiger partial charge in [-0.3, -0.25) is 36.2 Å². The largest absolute Gasteiger partial charge is 0.470 e. The van der Waals surface area contributed by atoms with E-state index in [-0.39, 0.29) is 0 Å². The Hall–Kier alpha value is 0.760. The second-order valence-electron chi connectivity index (χ2n) is 12.5. The van der Waals surface area contributed by atoms with Gasteiger partial charge in [-0.2, -0.15) is 0 Å². The first-order valence-corrected chi connectivity index (χ1v) is 28.0. The Balaban J connectivity index is 2.42. The van der Waals surface area contributed by atoms with Crippen molar-refractivity contribution in [1.82, 2.24) is 0 Å². The van der Waals surface area contributed by atoms with Gasteiger partial charge in [0.05, 0.1) is 32.5 Å². The number of ether oxygens (including phenoxy) is 3. The maximum Gasteiger partial charge on any atom is 0.470 e. The molecule has 43 heteroatoms. The molecule has 16 N–H and O–H groups in total. The van der Waals surface area contributed by atoms with Crippen molar-refractivity contribution in [2.75, 3.05) is 26.4 Å². The van der Waals surface area contributed by atoms with Gasteiger partial charge in [-0.25, -0.2) is 36.5 Å². The molecule has 2 saturated carbocycles. The first kappa shape index (κ1) is 57.9. The number of rotatable bonds is 24. The Morgan fingerprint density at radius 2 is 0.459 bits per heavy atom. The summed E-state index contributed by atoms with van der Waals surface area (Å²) in [6, 6.07) is 0. The third-order valence-corrected chi connectivity index (χ3v) is 12.0. The predicted molar refractivity (Wildman–Crippen MR) is 184 cm³/mol. The second kappa shape index (κ2) is 21.8. The minimum absolute atomic E-state index is 0.709. The highest BCUT2D eigenvalue weighted by Gasteiger charge is 2.60. The first-order valence-electron chi connectivity index (χ1n) is 15.8. The molecule has 0 aromatic heterocycles. The van der Waals surface area contributed by atoms with Crippen molar-refractivity contribution in [3.8, 4) is 0 Å². The molecule has 2 aliphatic carbocycles. The fraction of sp³-hybridized carbons (Fsp3) is 1.00. The lowest BCUT2D eigenvalue weighted by Crippen LogP contribution is -2.63. The zero-order valence-corrected chi connectivity index (χ0v) is 37.4. The van der Waals surface area contributed by atoms with Crippen molar-refractivity contribution in [2.24, 2.45) is 11.8 Å². The van der Waals surface area contributed by atoms with Gasteiger partial charge in [0.1, 0.15) is 54.9 Å². The predicted octanol–water partition coefficient (Wildman–Crippen LogP) is -3.10. The van der Waals surface area contributed by atoms with Crippen LogP contribution in [0.2, 0.25) is 0 Å². The van der Waals surface area contributed by atoms with Crippen molar-refractivity contribution in [2.45, 2.75) is 74.9 Å². The van der Waals surface area contributed by atoms with E-state index in [4.69, 9.17) is 14.2 Å². The van der Waals surface area contributed by atoms with E-state index in [9.17, 15) is 115 Å². The van der Waals surface area contributed by atoms with E-state index in [2.05, 4.69) is 36.2 Å². The Bertz CT molecular complexity index is 1830. The van der Waals surface area contributed by atoms with Crippen molar-refractivity contribution in [1.29, 1.82) is 0 Å². The van der Waals surface area contributed by atoms with E-state index in [1.807, 2.05) is 0 Å². The van der Waals surface area contributed by atoms with Crippen molar-refractivity contribution in [3.63, 3.8) is 0 Å². The van der Waals surface area contributed by atoms with Gasteiger partial charge in [0.25, 0.3) is 0 Å². The molecule has 0 heterocycles. The van der Waals surface area contributed by atoms with Gasteiger partial charge in [0, 0.05) is 11.8 Å².